The van der Waals surface area contributed by atoms with Gasteiger partial charge in [0, 0.05) is 0 Å². The largest absolute Gasteiger partial charge is 0.261 e. The van der Waals surface area contributed by atoms with E-state index in [2.05, 4.69) is 29.8 Å². The lowest BCUT2D eigenvalue weighted by Crippen LogP contribution is -2.37. The molecule has 104 valence electrons. The highest BCUT2D eigenvalue weighted by Gasteiger charge is 2.38. The molecule has 0 fully saturated rings. The SMILES string of the molecule is CC(C)(C)[Si](C)(C)N=S(N)(=O)c1sc(Cl)nc1Cl. The first kappa shape index (κ1) is 16.4. The van der Waals surface area contributed by atoms with Crippen molar-refractivity contribution in [1.29, 1.82) is 0 Å². The van der Waals surface area contributed by atoms with E-state index in [0.717, 1.165) is 11.3 Å². The molecular formula is C9H17Cl2N3OS2Si. The average Bonchev–Trinajstić information content (AvgIpc) is 2.41. The minimum atomic E-state index is -3.03. The molecule has 2 N–H and O–H groups in total. The summed E-state index contributed by atoms with van der Waals surface area (Å²) in [7, 11) is -5.17. The Morgan fingerprint density at radius 3 is 2.22 bits per heavy atom. The molecule has 0 aliphatic heterocycles. The van der Waals surface area contributed by atoms with Gasteiger partial charge >= 0.3 is 0 Å². The second-order valence-electron chi connectivity index (χ2n) is 5.51. The fraction of sp³-hybridized carbons (Fsp3) is 0.667. The normalized spacial score (nSPS) is 16.4. The first-order valence-electron chi connectivity index (χ1n) is 5.25. The molecule has 9 heteroatoms. The van der Waals surface area contributed by atoms with Gasteiger partial charge in [-0.1, -0.05) is 55.3 Å². The zero-order chi connectivity index (χ0) is 14.4. The fourth-order valence-corrected chi connectivity index (χ4v) is 7.94. The van der Waals surface area contributed by atoms with Crippen LogP contribution in [0, 0.1) is 0 Å². The maximum absolute atomic E-state index is 12.6. The van der Waals surface area contributed by atoms with E-state index in [1.165, 1.54) is 0 Å². The van der Waals surface area contributed by atoms with Gasteiger partial charge in [0.25, 0.3) is 0 Å². The van der Waals surface area contributed by atoms with Gasteiger partial charge in [0.15, 0.2) is 22.1 Å². The summed E-state index contributed by atoms with van der Waals surface area (Å²) in [6, 6.07) is 0. The van der Waals surface area contributed by atoms with Crippen molar-refractivity contribution in [2.24, 2.45) is 9.17 Å². The summed E-state index contributed by atoms with van der Waals surface area (Å²) in [6.07, 6.45) is 0. The van der Waals surface area contributed by atoms with E-state index in [-0.39, 0.29) is 18.9 Å². The number of aromatic nitrogens is 1. The van der Waals surface area contributed by atoms with Crippen LogP contribution in [0.4, 0.5) is 0 Å². The number of hydrogen-bond donors (Lipinski definition) is 1. The first-order valence-corrected chi connectivity index (χ1v) is 11.3. The lowest BCUT2D eigenvalue weighted by molar-refractivity contribution is 0.677. The van der Waals surface area contributed by atoms with Crippen LogP contribution in [0.2, 0.25) is 27.8 Å². The van der Waals surface area contributed by atoms with Gasteiger partial charge in [-0.25, -0.2) is 14.3 Å². The van der Waals surface area contributed by atoms with E-state index in [0.29, 0.717) is 0 Å². The predicted molar refractivity (Wildman–Crippen MR) is 82.4 cm³/mol. The van der Waals surface area contributed by atoms with Crippen LogP contribution in [0.3, 0.4) is 0 Å². The molecule has 0 aromatic carbocycles. The van der Waals surface area contributed by atoms with Gasteiger partial charge in [-0.15, -0.1) is 0 Å². The predicted octanol–water partition coefficient (Wildman–Crippen LogP) is 4.16. The Bertz CT molecular complexity index is 571. The summed E-state index contributed by atoms with van der Waals surface area (Å²) in [6.45, 7) is 10.3. The van der Waals surface area contributed by atoms with Crippen LogP contribution in [0.15, 0.2) is 8.24 Å². The molecule has 0 spiro atoms. The van der Waals surface area contributed by atoms with Crippen molar-refractivity contribution in [1.82, 2.24) is 4.98 Å². The highest BCUT2D eigenvalue weighted by atomic mass is 35.5. The molecule has 0 bridgehead atoms. The van der Waals surface area contributed by atoms with Crippen molar-refractivity contribution in [3.8, 4) is 0 Å². The van der Waals surface area contributed by atoms with Crippen molar-refractivity contribution in [2.45, 2.75) is 43.1 Å². The highest BCUT2D eigenvalue weighted by Crippen LogP contribution is 2.39. The van der Waals surface area contributed by atoms with Crippen molar-refractivity contribution in [2.75, 3.05) is 0 Å². The van der Waals surface area contributed by atoms with Crippen LogP contribution in [-0.4, -0.2) is 17.4 Å². The Labute approximate surface area is 123 Å². The smallest absolute Gasteiger partial charge is 0.195 e. The van der Waals surface area contributed by atoms with Crippen molar-refractivity contribution < 1.29 is 4.21 Å². The van der Waals surface area contributed by atoms with Crippen LogP contribution >= 0.6 is 34.5 Å². The van der Waals surface area contributed by atoms with E-state index >= 15 is 0 Å². The average molecular weight is 346 g/mol. The second kappa shape index (κ2) is 5.03. The summed E-state index contributed by atoms with van der Waals surface area (Å²) in [5.41, 5.74) is 0. The number of thiazole rings is 1. The first-order chi connectivity index (χ1) is 7.87. The number of rotatable bonds is 2. The molecule has 0 amide bonds. The topological polar surface area (TPSA) is 68.3 Å². The molecule has 0 aliphatic rings. The monoisotopic (exact) mass is 345 g/mol. The lowest BCUT2D eigenvalue weighted by Gasteiger charge is -2.32. The Balaban J connectivity index is 3.39. The molecule has 18 heavy (non-hydrogen) atoms. The maximum Gasteiger partial charge on any atom is 0.195 e. The molecule has 0 saturated carbocycles. The van der Waals surface area contributed by atoms with Crippen LogP contribution in [0.25, 0.3) is 0 Å². The number of halogens is 2. The molecular weight excluding hydrogens is 329 g/mol. The summed E-state index contributed by atoms with van der Waals surface area (Å²) < 4.78 is 17.5. The quantitative estimate of drug-likeness (QED) is 0.817. The van der Waals surface area contributed by atoms with Crippen LogP contribution in [0.5, 0.6) is 0 Å². The molecule has 1 aromatic rings. The van der Waals surface area contributed by atoms with Gasteiger partial charge in [-0.3, -0.25) is 4.03 Å². The van der Waals surface area contributed by atoms with Gasteiger partial charge < -0.3 is 0 Å². The Morgan fingerprint density at radius 2 is 1.89 bits per heavy atom. The van der Waals surface area contributed by atoms with Crippen LogP contribution in [0.1, 0.15) is 20.8 Å². The molecule has 1 unspecified atom stereocenters. The molecule has 0 saturated heterocycles. The molecule has 1 heterocycles. The Hall–Kier alpha value is 0.337. The molecule has 1 rings (SSSR count). The highest BCUT2D eigenvalue weighted by molar-refractivity contribution is 7.94. The van der Waals surface area contributed by atoms with E-state index in [1.54, 1.807) is 0 Å². The minimum absolute atomic E-state index is 0.0456. The second-order valence-corrected chi connectivity index (χ2v) is 14.6. The van der Waals surface area contributed by atoms with Gasteiger partial charge in [0.1, 0.15) is 9.92 Å². The van der Waals surface area contributed by atoms with Gasteiger partial charge in [-0.2, -0.15) is 0 Å². The number of nitrogens with zero attached hydrogens (tertiary/aromatic N) is 2. The summed E-state index contributed by atoms with van der Waals surface area (Å²) >= 11 is 12.7. The third-order valence-electron chi connectivity index (χ3n) is 3.00. The maximum atomic E-state index is 12.6. The number of hydrogen-bond acceptors (Lipinski definition) is 4. The molecule has 0 radical (unpaired) electrons. The van der Waals surface area contributed by atoms with E-state index in [4.69, 9.17) is 28.3 Å². The van der Waals surface area contributed by atoms with Crippen LogP contribution in [-0.2, 0) is 9.92 Å². The molecule has 4 nitrogen and oxygen atoms in total. The van der Waals surface area contributed by atoms with Crippen molar-refractivity contribution in [3.63, 3.8) is 0 Å². The molecule has 0 aliphatic carbocycles. The zero-order valence-electron chi connectivity index (χ0n) is 11.0. The third-order valence-corrected chi connectivity index (χ3v) is 12.7. The van der Waals surface area contributed by atoms with Crippen molar-refractivity contribution in [3.05, 3.63) is 9.62 Å². The zero-order valence-corrected chi connectivity index (χ0v) is 15.1. The van der Waals surface area contributed by atoms with E-state index in [9.17, 15) is 4.21 Å². The lowest BCUT2D eigenvalue weighted by atomic mass is 10.2. The van der Waals surface area contributed by atoms with E-state index < -0.39 is 18.2 Å². The molecule has 1 atom stereocenters. The standard InChI is InChI=1S/C9H17Cl2N3OS2Si/c1-9(2,3)18(4,5)14-17(12,15)7-6(10)13-8(11)16-7/h1-5H3,(H2,12,14,15). The minimum Gasteiger partial charge on any atom is -0.261 e. The third kappa shape index (κ3) is 3.46. The Morgan fingerprint density at radius 1 is 1.39 bits per heavy atom. The Kier molecular flexibility index (Phi) is 4.58. The number of nitrogens with two attached hydrogens (primary N) is 1. The van der Waals surface area contributed by atoms with Crippen molar-refractivity contribution >= 4 is 52.7 Å². The van der Waals surface area contributed by atoms with Gasteiger partial charge in [-0.05, 0) is 18.1 Å². The molecule has 1 aromatic heterocycles. The van der Waals surface area contributed by atoms with E-state index in [1.807, 2.05) is 13.1 Å². The summed E-state index contributed by atoms with van der Waals surface area (Å²) in [4.78, 5) is 3.82. The van der Waals surface area contributed by atoms with Crippen LogP contribution < -0.4 is 5.14 Å². The summed E-state index contributed by atoms with van der Waals surface area (Å²) in [5, 5.41) is 5.90. The van der Waals surface area contributed by atoms with Gasteiger partial charge in [0.2, 0.25) is 0 Å². The van der Waals surface area contributed by atoms with Gasteiger partial charge in [0.05, 0.1) is 0 Å². The fourth-order valence-electron chi connectivity index (χ4n) is 0.962. The summed E-state index contributed by atoms with van der Waals surface area (Å²) in [5.74, 6) is 0.